The van der Waals surface area contributed by atoms with Crippen LogP contribution in [0.4, 0.5) is 4.39 Å². The van der Waals surface area contributed by atoms with Gasteiger partial charge in [0.2, 0.25) is 0 Å². The van der Waals surface area contributed by atoms with E-state index in [1.165, 1.54) is 13.2 Å². The molecular formula is C14H17FN2OS. The van der Waals surface area contributed by atoms with E-state index in [1.54, 1.807) is 17.8 Å². The predicted octanol–water partition coefficient (Wildman–Crippen LogP) is 2.89. The van der Waals surface area contributed by atoms with Gasteiger partial charge in [0.15, 0.2) is 16.7 Å². The summed E-state index contributed by atoms with van der Waals surface area (Å²) in [4.78, 5) is 4.73. The van der Waals surface area contributed by atoms with Crippen molar-refractivity contribution in [1.29, 1.82) is 0 Å². The van der Waals surface area contributed by atoms with Gasteiger partial charge >= 0.3 is 0 Å². The van der Waals surface area contributed by atoms with Crippen LogP contribution in [0.3, 0.4) is 0 Å². The Kier molecular flexibility index (Phi) is 3.17. The number of fused-ring (bicyclic) bond motifs is 1. The van der Waals surface area contributed by atoms with E-state index in [1.807, 2.05) is 6.07 Å². The largest absolute Gasteiger partial charge is 0.494 e. The maximum absolute atomic E-state index is 13.6. The van der Waals surface area contributed by atoms with Gasteiger partial charge in [0.25, 0.3) is 0 Å². The van der Waals surface area contributed by atoms with Gasteiger partial charge in [-0.2, -0.15) is 0 Å². The van der Waals surface area contributed by atoms with Crippen molar-refractivity contribution in [3.05, 3.63) is 29.6 Å². The number of halogens is 1. The minimum atomic E-state index is -0.334. The second kappa shape index (κ2) is 4.71. The van der Waals surface area contributed by atoms with Crippen molar-refractivity contribution in [3.63, 3.8) is 0 Å². The Labute approximate surface area is 116 Å². The quantitative estimate of drug-likeness (QED) is 0.906. The zero-order valence-electron chi connectivity index (χ0n) is 10.9. The Morgan fingerprint density at radius 1 is 1.53 bits per heavy atom. The molecule has 3 rings (SSSR count). The highest BCUT2D eigenvalue weighted by Gasteiger charge is 2.46. The highest BCUT2D eigenvalue weighted by Crippen LogP contribution is 2.51. The molecule has 0 spiro atoms. The predicted molar refractivity (Wildman–Crippen MR) is 76.1 cm³/mol. The number of nitrogens with zero attached hydrogens (tertiary/aromatic N) is 1. The summed E-state index contributed by atoms with van der Waals surface area (Å²) in [5.41, 5.74) is 6.68. The Hall–Kier alpha value is -1.23. The number of benzene rings is 1. The molecule has 0 saturated heterocycles. The van der Waals surface area contributed by atoms with Crippen molar-refractivity contribution in [1.82, 2.24) is 0 Å². The van der Waals surface area contributed by atoms with Crippen LogP contribution in [0.1, 0.15) is 24.8 Å². The zero-order valence-corrected chi connectivity index (χ0v) is 11.7. The first-order valence-electron chi connectivity index (χ1n) is 6.48. The first-order valence-corrected chi connectivity index (χ1v) is 7.46. The summed E-state index contributed by atoms with van der Waals surface area (Å²) < 4.78 is 18.7. The van der Waals surface area contributed by atoms with Crippen molar-refractivity contribution in [2.45, 2.75) is 24.8 Å². The van der Waals surface area contributed by atoms with Crippen molar-refractivity contribution in [2.24, 2.45) is 16.6 Å². The van der Waals surface area contributed by atoms with Gasteiger partial charge in [-0.25, -0.2) is 4.39 Å². The fourth-order valence-corrected chi connectivity index (χ4v) is 4.26. The normalized spacial score (nSPS) is 29.8. The summed E-state index contributed by atoms with van der Waals surface area (Å²) in [6.07, 6.45) is 3.28. The molecule has 0 radical (unpaired) electrons. The first kappa shape index (κ1) is 12.8. The topological polar surface area (TPSA) is 47.6 Å². The van der Waals surface area contributed by atoms with Crippen molar-refractivity contribution >= 4 is 16.9 Å². The number of ether oxygens (including phenoxy) is 1. The fraction of sp³-hybridized carbons (Fsp3) is 0.500. The third-order valence-corrected chi connectivity index (χ3v) is 5.14. The molecule has 102 valence electrons. The number of rotatable bonds is 2. The molecule has 5 heteroatoms. The Bertz CT molecular complexity index is 534. The van der Waals surface area contributed by atoms with Crippen molar-refractivity contribution in [3.8, 4) is 5.75 Å². The third-order valence-electron chi connectivity index (χ3n) is 4.18. The number of amidine groups is 1. The maximum Gasteiger partial charge on any atom is 0.165 e. The number of thioether (sulfide) groups is 1. The van der Waals surface area contributed by atoms with Gasteiger partial charge in [-0.1, -0.05) is 24.2 Å². The van der Waals surface area contributed by atoms with Crippen molar-refractivity contribution < 1.29 is 9.13 Å². The van der Waals surface area contributed by atoms with E-state index >= 15 is 0 Å². The molecule has 1 aliphatic heterocycles. The molecular weight excluding hydrogens is 263 g/mol. The van der Waals surface area contributed by atoms with Crippen molar-refractivity contribution in [2.75, 3.05) is 12.9 Å². The van der Waals surface area contributed by atoms with Crippen LogP contribution in [0, 0.1) is 11.7 Å². The van der Waals surface area contributed by atoms with Crippen LogP contribution in [0.15, 0.2) is 23.2 Å². The van der Waals surface area contributed by atoms with E-state index in [0.717, 1.165) is 30.6 Å². The number of methoxy groups -OCH3 is 1. The molecule has 1 aromatic carbocycles. The van der Waals surface area contributed by atoms with E-state index in [9.17, 15) is 4.39 Å². The average molecular weight is 280 g/mol. The van der Waals surface area contributed by atoms with E-state index in [-0.39, 0.29) is 17.1 Å². The summed E-state index contributed by atoms with van der Waals surface area (Å²) in [6, 6.07) is 5.06. The lowest BCUT2D eigenvalue weighted by Crippen LogP contribution is -2.36. The number of nitrogens with two attached hydrogens (primary N) is 1. The van der Waals surface area contributed by atoms with Crippen LogP contribution >= 0.6 is 11.8 Å². The van der Waals surface area contributed by atoms with E-state index < -0.39 is 0 Å². The molecule has 1 saturated carbocycles. The molecule has 2 atom stereocenters. The lowest BCUT2D eigenvalue weighted by molar-refractivity contribution is 0.347. The van der Waals surface area contributed by atoms with Gasteiger partial charge in [-0.05, 0) is 36.5 Å². The van der Waals surface area contributed by atoms with E-state index in [2.05, 4.69) is 0 Å². The maximum atomic E-state index is 13.6. The molecule has 2 aliphatic rings. The van der Waals surface area contributed by atoms with Gasteiger partial charge < -0.3 is 10.5 Å². The second-order valence-corrected chi connectivity index (χ2v) is 6.16. The molecule has 1 fully saturated rings. The van der Waals surface area contributed by atoms with Crippen LogP contribution in [0.25, 0.3) is 0 Å². The monoisotopic (exact) mass is 280 g/mol. The molecule has 0 bridgehead atoms. The summed E-state index contributed by atoms with van der Waals surface area (Å²) >= 11 is 1.62. The SMILES string of the molecule is COc1cc([C@]23CCC[C@H]2CSC(N)=N3)ccc1F. The highest BCUT2D eigenvalue weighted by atomic mass is 32.2. The van der Waals surface area contributed by atoms with Crippen LogP contribution in [-0.2, 0) is 5.54 Å². The molecule has 0 unspecified atom stereocenters. The molecule has 1 aromatic rings. The minimum absolute atomic E-state index is 0.268. The molecule has 1 aliphatic carbocycles. The summed E-state index contributed by atoms with van der Waals surface area (Å²) in [5, 5.41) is 0.640. The van der Waals surface area contributed by atoms with Crippen LogP contribution in [-0.4, -0.2) is 18.0 Å². The fourth-order valence-electron chi connectivity index (χ4n) is 3.22. The number of hydrogen-bond acceptors (Lipinski definition) is 4. The average Bonchev–Trinajstić information content (AvgIpc) is 2.83. The van der Waals surface area contributed by atoms with Crippen LogP contribution < -0.4 is 10.5 Å². The smallest absolute Gasteiger partial charge is 0.165 e. The summed E-state index contributed by atoms with van der Waals surface area (Å²) in [5.74, 6) is 1.43. The third kappa shape index (κ3) is 2.00. The number of hydrogen-bond donors (Lipinski definition) is 1. The molecule has 0 amide bonds. The highest BCUT2D eigenvalue weighted by molar-refractivity contribution is 8.13. The summed E-state index contributed by atoms with van der Waals surface area (Å²) in [6.45, 7) is 0. The van der Waals surface area contributed by atoms with E-state index in [0.29, 0.717) is 11.1 Å². The van der Waals surface area contributed by atoms with Gasteiger partial charge in [-0.15, -0.1) is 0 Å². The standard InChI is InChI=1S/C14H17FN2OS/c1-18-12-7-9(4-5-11(12)15)14-6-2-3-10(14)8-19-13(16)17-14/h4-5,7,10H,2-3,6,8H2,1H3,(H2,16,17)/t10-,14+/m0/s1. The van der Waals surface area contributed by atoms with Gasteiger partial charge in [0, 0.05) is 5.75 Å². The van der Waals surface area contributed by atoms with Crippen LogP contribution in [0.5, 0.6) is 5.75 Å². The molecule has 1 heterocycles. The van der Waals surface area contributed by atoms with Gasteiger partial charge in [-0.3, -0.25) is 4.99 Å². The molecule has 19 heavy (non-hydrogen) atoms. The molecule has 0 aromatic heterocycles. The zero-order chi connectivity index (χ0) is 13.5. The lowest BCUT2D eigenvalue weighted by atomic mass is 9.81. The molecule has 2 N–H and O–H groups in total. The van der Waals surface area contributed by atoms with Gasteiger partial charge in [0.05, 0.1) is 12.6 Å². The molecule has 3 nitrogen and oxygen atoms in total. The first-order chi connectivity index (χ1) is 9.15. The summed E-state index contributed by atoms with van der Waals surface area (Å²) in [7, 11) is 1.49. The van der Waals surface area contributed by atoms with Gasteiger partial charge in [0.1, 0.15) is 0 Å². The van der Waals surface area contributed by atoms with Crippen LogP contribution in [0.2, 0.25) is 0 Å². The second-order valence-electron chi connectivity index (χ2n) is 5.12. The number of aliphatic imine (C=N–C) groups is 1. The Morgan fingerprint density at radius 2 is 2.37 bits per heavy atom. The minimum Gasteiger partial charge on any atom is -0.494 e. The Balaban J connectivity index is 2.10. The lowest BCUT2D eigenvalue weighted by Gasteiger charge is -2.36. The van der Waals surface area contributed by atoms with E-state index in [4.69, 9.17) is 15.5 Å². The Morgan fingerprint density at radius 3 is 3.16 bits per heavy atom.